The van der Waals surface area contributed by atoms with Gasteiger partial charge in [-0.25, -0.2) is 4.79 Å². The van der Waals surface area contributed by atoms with E-state index in [0.717, 1.165) is 11.3 Å². The molecule has 0 N–H and O–H groups in total. The maximum Gasteiger partial charge on any atom is 0.410 e. The SMILES string of the molecule is COCCN(Cc1ccccn1)C(=O)OCc1cccc(Cl)c1. The maximum absolute atomic E-state index is 12.3. The Kier molecular flexibility index (Phi) is 6.84. The quantitative estimate of drug-likeness (QED) is 0.777. The van der Waals surface area contributed by atoms with Crippen molar-refractivity contribution in [3.63, 3.8) is 0 Å². The van der Waals surface area contributed by atoms with Crippen molar-refractivity contribution in [3.8, 4) is 0 Å². The number of carbonyl (C=O) groups is 1. The lowest BCUT2D eigenvalue weighted by Gasteiger charge is -2.21. The van der Waals surface area contributed by atoms with Gasteiger partial charge in [-0.15, -0.1) is 0 Å². The summed E-state index contributed by atoms with van der Waals surface area (Å²) >= 11 is 5.92. The summed E-state index contributed by atoms with van der Waals surface area (Å²) in [6.07, 6.45) is 1.29. The molecule has 2 rings (SSSR count). The van der Waals surface area contributed by atoms with Gasteiger partial charge in [-0.05, 0) is 29.8 Å². The average molecular weight is 335 g/mol. The van der Waals surface area contributed by atoms with Crippen molar-refractivity contribution in [3.05, 3.63) is 64.9 Å². The first kappa shape index (κ1) is 17.2. The average Bonchev–Trinajstić information content (AvgIpc) is 2.57. The number of amides is 1. The standard InChI is InChI=1S/C17H19ClN2O3/c1-22-10-9-20(12-16-7-2-3-8-19-16)17(21)23-13-14-5-4-6-15(18)11-14/h2-8,11H,9-10,12-13H2,1H3. The lowest BCUT2D eigenvalue weighted by Crippen LogP contribution is -2.34. The van der Waals surface area contributed by atoms with Gasteiger partial charge in [0.1, 0.15) is 6.61 Å². The van der Waals surface area contributed by atoms with Crippen LogP contribution in [0.15, 0.2) is 48.7 Å². The van der Waals surface area contributed by atoms with Gasteiger partial charge in [-0.1, -0.05) is 29.8 Å². The number of methoxy groups -OCH3 is 1. The van der Waals surface area contributed by atoms with E-state index in [0.29, 0.717) is 24.7 Å². The third-order valence-electron chi connectivity index (χ3n) is 3.15. The van der Waals surface area contributed by atoms with Crippen LogP contribution in [0.4, 0.5) is 4.79 Å². The van der Waals surface area contributed by atoms with E-state index in [-0.39, 0.29) is 6.61 Å². The van der Waals surface area contributed by atoms with E-state index in [1.165, 1.54) is 0 Å². The summed E-state index contributed by atoms with van der Waals surface area (Å²) in [5, 5.41) is 0.614. The van der Waals surface area contributed by atoms with E-state index >= 15 is 0 Å². The second-order valence-electron chi connectivity index (χ2n) is 4.92. The van der Waals surface area contributed by atoms with Crippen molar-refractivity contribution >= 4 is 17.7 Å². The molecule has 1 aromatic carbocycles. The molecule has 1 aromatic heterocycles. The smallest absolute Gasteiger partial charge is 0.410 e. The van der Waals surface area contributed by atoms with Crippen LogP contribution in [0, 0.1) is 0 Å². The highest BCUT2D eigenvalue weighted by atomic mass is 35.5. The zero-order valence-electron chi connectivity index (χ0n) is 12.9. The Morgan fingerprint density at radius 2 is 2.13 bits per heavy atom. The predicted octanol–water partition coefficient (Wildman–Crippen LogP) is 3.52. The minimum Gasteiger partial charge on any atom is -0.445 e. The van der Waals surface area contributed by atoms with Crippen molar-refractivity contribution in [2.45, 2.75) is 13.2 Å². The summed E-state index contributed by atoms with van der Waals surface area (Å²) in [7, 11) is 1.59. The lowest BCUT2D eigenvalue weighted by molar-refractivity contribution is 0.0792. The molecule has 0 radical (unpaired) electrons. The monoisotopic (exact) mass is 334 g/mol. The molecule has 0 atom stereocenters. The molecule has 0 spiro atoms. The van der Waals surface area contributed by atoms with E-state index < -0.39 is 6.09 Å². The first-order valence-electron chi connectivity index (χ1n) is 7.24. The summed E-state index contributed by atoms with van der Waals surface area (Å²) in [6.45, 7) is 1.41. The summed E-state index contributed by atoms with van der Waals surface area (Å²) in [5.74, 6) is 0. The Morgan fingerprint density at radius 3 is 2.83 bits per heavy atom. The highest BCUT2D eigenvalue weighted by Gasteiger charge is 2.16. The van der Waals surface area contributed by atoms with Crippen LogP contribution in [0.2, 0.25) is 5.02 Å². The van der Waals surface area contributed by atoms with Crippen LogP contribution in [0.1, 0.15) is 11.3 Å². The third kappa shape index (κ3) is 5.88. The Bertz CT molecular complexity index is 622. The molecular formula is C17H19ClN2O3. The fourth-order valence-corrected chi connectivity index (χ4v) is 2.20. The van der Waals surface area contributed by atoms with Crippen LogP contribution in [-0.4, -0.2) is 36.2 Å². The molecule has 0 aliphatic heterocycles. The first-order chi connectivity index (χ1) is 11.2. The molecule has 23 heavy (non-hydrogen) atoms. The number of hydrogen-bond donors (Lipinski definition) is 0. The number of rotatable bonds is 7. The number of nitrogens with zero attached hydrogens (tertiary/aromatic N) is 2. The van der Waals surface area contributed by atoms with Gasteiger partial charge in [-0.2, -0.15) is 0 Å². The molecule has 0 saturated carbocycles. The number of pyridine rings is 1. The second kappa shape index (κ2) is 9.12. The normalized spacial score (nSPS) is 10.3. The minimum absolute atomic E-state index is 0.172. The van der Waals surface area contributed by atoms with Gasteiger partial charge < -0.3 is 9.47 Å². The Labute approximate surface area is 140 Å². The van der Waals surface area contributed by atoms with Gasteiger partial charge in [0.25, 0.3) is 0 Å². The molecule has 122 valence electrons. The number of carbonyl (C=O) groups excluding carboxylic acids is 1. The van der Waals surface area contributed by atoms with Crippen LogP contribution in [-0.2, 0) is 22.6 Å². The van der Waals surface area contributed by atoms with Crippen molar-refractivity contribution in [1.82, 2.24) is 9.88 Å². The maximum atomic E-state index is 12.3. The van der Waals surface area contributed by atoms with Gasteiger partial charge in [-0.3, -0.25) is 9.88 Å². The second-order valence-corrected chi connectivity index (χ2v) is 5.36. The summed E-state index contributed by atoms with van der Waals surface area (Å²) in [5.41, 5.74) is 1.64. The molecule has 1 amide bonds. The van der Waals surface area contributed by atoms with Crippen LogP contribution >= 0.6 is 11.6 Å². The number of hydrogen-bond acceptors (Lipinski definition) is 4. The van der Waals surface area contributed by atoms with E-state index in [1.807, 2.05) is 30.3 Å². The lowest BCUT2D eigenvalue weighted by atomic mass is 10.2. The minimum atomic E-state index is -0.410. The van der Waals surface area contributed by atoms with Gasteiger partial charge in [0.15, 0.2) is 0 Å². The van der Waals surface area contributed by atoms with Gasteiger partial charge in [0, 0.05) is 24.9 Å². The van der Waals surface area contributed by atoms with E-state index in [2.05, 4.69) is 4.98 Å². The van der Waals surface area contributed by atoms with Gasteiger partial charge in [0.2, 0.25) is 0 Å². The largest absolute Gasteiger partial charge is 0.445 e. The Morgan fingerprint density at radius 1 is 1.26 bits per heavy atom. The van der Waals surface area contributed by atoms with E-state index in [9.17, 15) is 4.79 Å². The molecular weight excluding hydrogens is 316 g/mol. The highest BCUT2D eigenvalue weighted by Crippen LogP contribution is 2.12. The Hall–Kier alpha value is -2.11. The van der Waals surface area contributed by atoms with Crippen molar-refractivity contribution in [2.24, 2.45) is 0 Å². The molecule has 0 bridgehead atoms. The molecule has 0 fully saturated rings. The first-order valence-corrected chi connectivity index (χ1v) is 7.62. The summed E-state index contributed by atoms with van der Waals surface area (Å²) < 4.78 is 10.4. The summed E-state index contributed by atoms with van der Waals surface area (Å²) in [6, 6.07) is 12.8. The predicted molar refractivity (Wildman–Crippen MR) is 88.2 cm³/mol. The molecule has 6 heteroatoms. The topological polar surface area (TPSA) is 51.7 Å². The third-order valence-corrected chi connectivity index (χ3v) is 3.39. The van der Waals surface area contributed by atoms with Crippen molar-refractivity contribution in [2.75, 3.05) is 20.3 Å². The van der Waals surface area contributed by atoms with Gasteiger partial charge in [0.05, 0.1) is 18.8 Å². The highest BCUT2D eigenvalue weighted by molar-refractivity contribution is 6.30. The number of ether oxygens (including phenoxy) is 2. The zero-order valence-corrected chi connectivity index (χ0v) is 13.7. The van der Waals surface area contributed by atoms with Gasteiger partial charge >= 0.3 is 6.09 Å². The fourth-order valence-electron chi connectivity index (χ4n) is 1.99. The number of halogens is 1. The molecule has 0 saturated heterocycles. The molecule has 1 heterocycles. The van der Waals surface area contributed by atoms with Crippen molar-refractivity contribution < 1.29 is 14.3 Å². The number of benzene rings is 1. The molecule has 5 nitrogen and oxygen atoms in total. The summed E-state index contributed by atoms with van der Waals surface area (Å²) in [4.78, 5) is 18.1. The van der Waals surface area contributed by atoms with Crippen LogP contribution in [0.25, 0.3) is 0 Å². The number of aromatic nitrogens is 1. The fraction of sp³-hybridized carbons (Fsp3) is 0.294. The van der Waals surface area contributed by atoms with Crippen LogP contribution < -0.4 is 0 Å². The molecule has 0 unspecified atom stereocenters. The molecule has 0 aliphatic rings. The molecule has 0 aliphatic carbocycles. The zero-order chi connectivity index (χ0) is 16.5. The van der Waals surface area contributed by atoms with E-state index in [1.54, 1.807) is 30.3 Å². The molecule has 2 aromatic rings. The van der Waals surface area contributed by atoms with Crippen LogP contribution in [0.5, 0.6) is 0 Å². The van der Waals surface area contributed by atoms with Crippen molar-refractivity contribution in [1.29, 1.82) is 0 Å². The van der Waals surface area contributed by atoms with Crippen LogP contribution in [0.3, 0.4) is 0 Å². The Balaban J connectivity index is 1.95. The van der Waals surface area contributed by atoms with E-state index in [4.69, 9.17) is 21.1 Å².